The Morgan fingerprint density at radius 3 is 2.69 bits per heavy atom. The molecule has 10 nitrogen and oxygen atoms in total. The fourth-order valence-electron chi connectivity index (χ4n) is 2.18. The zero-order chi connectivity index (χ0) is 18.5. The number of aromatic amines is 1. The van der Waals surface area contributed by atoms with Crippen molar-refractivity contribution < 1.29 is 14.8 Å². The molecule has 1 aromatic heterocycles. The molecule has 0 aliphatic carbocycles. The van der Waals surface area contributed by atoms with Crippen molar-refractivity contribution in [1.82, 2.24) is 25.6 Å². The number of hydrazine groups is 1. The molecule has 0 saturated carbocycles. The van der Waals surface area contributed by atoms with Gasteiger partial charge in [0.05, 0.1) is 17.1 Å². The third-order valence-corrected chi connectivity index (χ3v) is 3.67. The van der Waals surface area contributed by atoms with E-state index in [9.17, 15) is 14.8 Å². The summed E-state index contributed by atoms with van der Waals surface area (Å²) in [6.45, 7) is 0. The van der Waals surface area contributed by atoms with Gasteiger partial charge in [-0.25, -0.2) is 4.68 Å². The van der Waals surface area contributed by atoms with E-state index in [-0.39, 0.29) is 16.0 Å². The van der Waals surface area contributed by atoms with Crippen LogP contribution < -0.4 is 15.9 Å². The highest BCUT2D eigenvalue weighted by Crippen LogP contribution is 2.19. The lowest BCUT2D eigenvalue weighted by Gasteiger charge is -2.16. The van der Waals surface area contributed by atoms with E-state index in [0.717, 1.165) is 0 Å². The van der Waals surface area contributed by atoms with E-state index in [1.54, 1.807) is 36.4 Å². The number of amides is 2. The van der Waals surface area contributed by atoms with Gasteiger partial charge in [0.2, 0.25) is 11.2 Å². The molecular formula is C15H13N7O3S. The van der Waals surface area contributed by atoms with Gasteiger partial charge >= 0.3 is 0 Å². The number of rotatable bonds is 6. The van der Waals surface area contributed by atoms with Crippen molar-refractivity contribution >= 4 is 35.9 Å². The van der Waals surface area contributed by atoms with Gasteiger partial charge in [0, 0.05) is 5.56 Å². The van der Waals surface area contributed by atoms with Gasteiger partial charge in [-0.3, -0.25) is 25.6 Å². The van der Waals surface area contributed by atoms with Crippen molar-refractivity contribution in [1.29, 1.82) is 0 Å². The molecule has 0 atom stereocenters. The molecule has 3 aromatic rings. The van der Waals surface area contributed by atoms with Crippen LogP contribution >= 0.6 is 12.2 Å². The summed E-state index contributed by atoms with van der Waals surface area (Å²) < 4.78 is 1.64. The van der Waals surface area contributed by atoms with Gasteiger partial charge in [0.1, 0.15) is 0 Å². The first-order valence-electron chi connectivity index (χ1n) is 7.29. The second-order valence-corrected chi connectivity index (χ2v) is 5.38. The van der Waals surface area contributed by atoms with Crippen LogP contribution in [0.25, 0.3) is 5.69 Å². The Balaban J connectivity index is 1.81. The van der Waals surface area contributed by atoms with Crippen molar-refractivity contribution in [3.63, 3.8) is 0 Å². The smallest absolute Gasteiger partial charge is 0.282 e. The van der Waals surface area contributed by atoms with E-state index in [2.05, 4.69) is 26.4 Å². The molecule has 11 heteroatoms. The van der Waals surface area contributed by atoms with E-state index < -0.39 is 5.91 Å². The average Bonchev–Trinajstić information content (AvgIpc) is 3.11. The van der Waals surface area contributed by atoms with Gasteiger partial charge in [-0.2, -0.15) is 10.3 Å². The zero-order valence-corrected chi connectivity index (χ0v) is 14.0. The summed E-state index contributed by atoms with van der Waals surface area (Å²) in [7, 11) is 0. The molecule has 2 aromatic carbocycles. The fraction of sp³-hybridized carbons (Fsp3) is 0. The number of nitrogens with zero attached hydrogens (tertiary/aromatic N) is 4. The van der Waals surface area contributed by atoms with Crippen LogP contribution in [0.5, 0.6) is 0 Å². The molecule has 0 aliphatic rings. The van der Waals surface area contributed by atoms with Crippen LogP contribution in [0.1, 0.15) is 10.4 Å². The number of carbonyl (C=O) groups excluding carboxylic acids is 2. The topological polar surface area (TPSA) is 128 Å². The number of aromatic nitrogens is 4. The van der Waals surface area contributed by atoms with Gasteiger partial charge in [0.25, 0.3) is 5.91 Å². The number of anilines is 2. The van der Waals surface area contributed by atoms with E-state index in [1.165, 1.54) is 16.8 Å². The van der Waals surface area contributed by atoms with Crippen molar-refractivity contribution in [2.75, 3.05) is 10.5 Å². The highest BCUT2D eigenvalue weighted by atomic mass is 32.1. The lowest BCUT2D eigenvalue weighted by molar-refractivity contribution is -0.109. The lowest BCUT2D eigenvalue weighted by Crippen LogP contribution is -2.27. The van der Waals surface area contributed by atoms with Crippen molar-refractivity contribution in [2.24, 2.45) is 0 Å². The maximum atomic E-state index is 12.5. The minimum Gasteiger partial charge on any atom is -0.299 e. The first-order valence-corrected chi connectivity index (χ1v) is 7.70. The minimum atomic E-state index is -0.627. The normalized spacial score (nSPS) is 10.2. The predicted octanol–water partition coefficient (Wildman–Crippen LogP) is 1.43. The Morgan fingerprint density at radius 2 is 2.04 bits per heavy atom. The maximum Gasteiger partial charge on any atom is 0.282 e. The summed E-state index contributed by atoms with van der Waals surface area (Å²) in [5.41, 5.74) is 6.55. The first kappa shape index (κ1) is 17.3. The molecule has 26 heavy (non-hydrogen) atoms. The SMILES string of the molecule is O=CNNc1ccc(N(O)C(=O)c2cccc(-n3[nH]nnc3=S)c2)cc1. The van der Waals surface area contributed by atoms with Crippen LogP contribution in [-0.4, -0.2) is 37.7 Å². The van der Waals surface area contributed by atoms with Crippen LogP contribution in [0, 0.1) is 4.77 Å². The number of tetrazole rings is 1. The molecule has 2 amide bonds. The summed E-state index contributed by atoms with van der Waals surface area (Å²) in [6, 6.07) is 12.7. The average molecular weight is 371 g/mol. The van der Waals surface area contributed by atoms with Crippen LogP contribution in [-0.2, 0) is 4.79 Å². The summed E-state index contributed by atoms with van der Waals surface area (Å²) in [5.74, 6) is -0.627. The molecule has 1 heterocycles. The monoisotopic (exact) mass is 371 g/mol. The molecule has 4 N–H and O–H groups in total. The number of hydroxylamine groups is 1. The maximum absolute atomic E-state index is 12.5. The molecule has 3 rings (SSSR count). The number of benzene rings is 2. The lowest BCUT2D eigenvalue weighted by atomic mass is 10.1. The van der Waals surface area contributed by atoms with Crippen LogP contribution in [0.4, 0.5) is 11.4 Å². The van der Waals surface area contributed by atoms with E-state index >= 15 is 0 Å². The van der Waals surface area contributed by atoms with E-state index in [1.807, 2.05) is 0 Å². The summed E-state index contributed by atoms with van der Waals surface area (Å²) in [4.78, 5) is 22.8. The molecule has 132 valence electrons. The Kier molecular flexibility index (Phi) is 5.01. The quantitative estimate of drug-likeness (QED) is 0.223. The number of hydrogen-bond acceptors (Lipinski definition) is 7. The number of carbonyl (C=O) groups is 2. The predicted molar refractivity (Wildman–Crippen MR) is 94.4 cm³/mol. The van der Waals surface area contributed by atoms with Gasteiger partial charge in [-0.1, -0.05) is 16.4 Å². The number of nitrogens with one attached hydrogen (secondary N) is 3. The molecule has 0 radical (unpaired) electrons. The Bertz CT molecular complexity index is 983. The number of hydrogen-bond donors (Lipinski definition) is 4. The second kappa shape index (κ2) is 7.55. The Morgan fingerprint density at radius 1 is 1.27 bits per heavy atom. The first-order chi connectivity index (χ1) is 12.6. The second-order valence-electron chi connectivity index (χ2n) is 5.02. The molecular weight excluding hydrogens is 358 g/mol. The van der Waals surface area contributed by atoms with Gasteiger partial charge in [0.15, 0.2) is 0 Å². The molecule has 0 bridgehead atoms. The van der Waals surface area contributed by atoms with Gasteiger partial charge in [-0.05, 0) is 54.7 Å². The molecule has 0 spiro atoms. The van der Waals surface area contributed by atoms with E-state index in [0.29, 0.717) is 22.8 Å². The highest BCUT2D eigenvalue weighted by molar-refractivity contribution is 7.71. The fourth-order valence-corrected chi connectivity index (χ4v) is 2.37. The third kappa shape index (κ3) is 3.58. The standard InChI is InChI=1S/C15H13N7O3S/c23-9-16-17-11-4-6-12(7-5-11)22(25)14(24)10-2-1-3-13(8-10)21-15(26)18-19-20-21/h1-9,17,25H,(H,16,23)(H,18,20,26). The molecule has 0 fully saturated rings. The highest BCUT2D eigenvalue weighted by Gasteiger charge is 2.16. The Labute approximate surface area is 152 Å². The van der Waals surface area contributed by atoms with Gasteiger partial charge in [-0.15, -0.1) is 0 Å². The third-order valence-electron chi connectivity index (χ3n) is 3.40. The minimum absolute atomic E-state index is 0.211. The van der Waals surface area contributed by atoms with Crippen LogP contribution in [0.2, 0.25) is 0 Å². The van der Waals surface area contributed by atoms with E-state index in [4.69, 9.17) is 12.2 Å². The molecule has 0 aliphatic heterocycles. The van der Waals surface area contributed by atoms with Crippen molar-refractivity contribution in [3.05, 3.63) is 58.9 Å². The zero-order valence-electron chi connectivity index (χ0n) is 13.2. The molecule has 0 unspecified atom stereocenters. The van der Waals surface area contributed by atoms with Crippen molar-refractivity contribution in [3.8, 4) is 5.69 Å². The summed E-state index contributed by atoms with van der Waals surface area (Å²) in [6.07, 6.45) is 0.490. The number of H-pyrrole nitrogens is 1. The molecule has 0 saturated heterocycles. The van der Waals surface area contributed by atoms with Crippen molar-refractivity contribution in [2.45, 2.75) is 0 Å². The van der Waals surface area contributed by atoms with Crippen LogP contribution in [0.3, 0.4) is 0 Å². The van der Waals surface area contributed by atoms with Crippen LogP contribution in [0.15, 0.2) is 48.5 Å². The van der Waals surface area contributed by atoms with Gasteiger partial charge < -0.3 is 0 Å². The largest absolute Gasteiger partial charge is 0.299 e. The summed E-state index contributed by atoms with van der Waals surface area (Å²) in [5, 5.41) is 20.6. The Hall–Kier alpha value is -3.57. The summed E-state index contributed by atoms with van der Waals surface area (Å²) >= 11 is 5.03.